The second-order valence-electron chi connectivity index (χ2n) is 6.55. The molecule has 1 heterocycles. The number of halogens is 2. The van der Waals surface area contributed by atoms with Gasteiger partial charge in [-0.25, -0.2) is 12.7 Å². The van der Waals surface area contributed by atoms with Crippen LogP contribution in [0.25, 0.3) is 0 Å². The number of piperidine rings is 1. The molecule has 0 spiro atoms. The number of nitrogens with zero attached hydrogens (tertiary/aromatic N) is 1. The van der Waals surface area contributed by atoms with Gasteiger partial charge in [0, 0.05) is 18.1 Å². The maximum atomic E-state index is 12.8. The first-order valence-electron chi connectivity index (χ1n) is 8.63. The van der Waals surface area contributed by atoms with Gasteiger partial charge in [0.1, 0.15) is 0 Å². The first-order valence-corrected chi connectivity index (χ1v) is 11.0. The van der Waals surface area contributed by atoms with Crippen molar-refractivity contribution >= 4 is 44.8 Å². The molecule has 8 heteroatoms. The standard InChI is InChI=1S/C19H20Cl2N2O3S/c20-16-7-3-5-14(11-16)13-27(25,26)23-10-4-6-15(12-23)19(24)22-18-9-2-1-8-17(18)21/h1-3,5,7-9,11,15H,4,6,10,12-13H2,(H,22,24)/t15-/m1/s1. The molecule has 1 aliphatic heterocycles. The number of nitrogens with one attached hydrogen (secondary N) is 1. The largest absolute Gasteiger partial charge is 0.324 e. The minimum Gasteiger partial charge on any atom is -0.324 e. The molecule has 2 aromatic carbocycles. The first kappa shape index (κ1) is 20.1. The van der Waals surface area contributed by atoms with Crippen LogP contribution >= 0.6 is 23.2 Å². The molecule has 27 heavy (non-hydrogen) atoms. The van der Waals surface area contributed by atoms with Gasteiger partial charge in [-0.05, 0) is 42.7 Å². The minimum atomic E-state index is -3.53. The van der Waals surface area contributed by atoms with Gasteiger partial charge in [0.15, 0.2) is 0 Å². The zero-order valence-electron chi connectivity index (χ0n) is 14.6. The van der Waals surface area contributed by atoms with E-state index in [4.69, 9.17) is 23.2 Å². The summed E-state index contributed by atoms with van der Waals surface area (Å²) in [5.41, 5.74) is 1.16. The third-order valence-electron chi connectivity index (χ3n) is 4.52. The Bertz CT molecular complexity index is 934. The number of carbonyl (C=O) groups is 1. The highest BCUT2D eigenvalue weighted by atomic mass is 35.5. The van der Waals surface area contributed by atoms with Gasteiger partial charge < -0.3 is 5.32 Å². The third-order valence-corrected chi connectivity index (χ3v) is 6.90. The van der Waals surface area contributed by atoms with Crippen LogP contribution in [-0.2, 0) is 20.6 Å². The lowest BCUT2D eigenvalue weighted by Gasteiger charge is -2.31. The van der Waals surface area contributed by atoms with Crippen molar-refractivity contribution in [3.05, 3.63) is 64.1 Å². The summed E-state index contributed by atoms with van der Waals surface area (Å²) in [5.74, 6) is -0.762. The quantitative estimate of drug-likeness (QED) is 0.779. The normalized spacial score (nSPS) is 18.2. The Morgan fingerprint density at radius 1 is 1.15 bits per heavy atom. The molecule has 1 amide bonds. The predicted molar refractivity (Wildman–Crippen MR) is 108 cm³/mol. The molecule has 0 radical (unpaired) electrons. The molecule has 5 nitrogen and oxygen atoms in total. The highest BCUT2D eigenvalue weighted by Crippen LogP contribution is 2.25. The Labute approximate surface area is 169 Å². The number of sulfonamides is 1. The molecule has 0 aliphatic carbocycles. The summed E-state index contributed by atoms with van der Waals surface area (Å²) in [6, 6.07) is 13.8. The van der Waals surface area contributed by atoms with E-state index in [-0.39, 0.29) is 18.2 Å². The molecule has 1 N–H and O–H groups in total. The van der Waals surface area contributed by atoms with Gasteiger partial charge in [0.05, 0.1) is 22.4 Å². The summed E-state index contributed by atoms with van der Waals surface area (Å²) < 4.78 is 27.0. The number of anilines is 1. The molecule has 0 saturated carbocycles. The molecule has 1 atom stereocenters. The molecule has 3 rings (SSSR count). The number of amides is 1. The van der Waals surface area contributed by atoms with Crippen molar-refractivity contribution in [1.82, 2.24) is 4.31 Å². The second-order valence-corrected chi connectivity index (χ2v) is 9.36. The number of hydrogen-bond donors (Lipinski definition) is 1. The maximum absolute atomic E-state index is 12.8. The molecular formula is C19H20Cl2N2O3S. The van der Waals surface area contributed by atoms with Crippen LogP contribution in [0.5, 0.6) is 0 Å². The van der Waals surface area contributed by atoms with E-state index in [0.717, 1.165) is 0 Å². The topological polar surface area (TPSA) is 66.5 Å². The van der Waals surface area contributed by atoms with Crippen molar-refractivity contribution < 1.29 is 13.2 Å². The summed E-state index contributed by atoms with van der Waals surface area (Å²) in [7, 11) is -3.53. The van der Waals surface area contributed by atoms with Crippen LogP contribution in [0.4, 0.5) is 5.69 Å². The van der Waals surface area contributed by atoms with Crippen LogP contribution < -0.4 is 5.32 Å². The van der Waals surface area contributed by atoms with Gasteiger partial charge in [-0.3, -0.25) is 4.79 Å². The van der Waals surface area contributed by atoms with Crippen molar-refractivity contribution in [3.8, 4) is 0 Å². The Kier molecular flexibility index (Phi) is 6.42. The summed E-state index contributed by atoms with van der Waals surface area (Å²) >= 11 is 12.0. The van der Waals surface area contributed by atoms with Crippen LogP contribution in [0.2, 0.25) is 10.0 Å². The van der Waals surface area contributed by atoms with Crippen LogP contribution in [0.15, 0.2) is 48.5 Å². The van der Waals surface area contributed by atoms with Gasteiger partial charge in [-0.15, -0.1) is 0 Å². The van der Waals surface area contributed by atoms with Gasteiger partial charge >= 0.3 is 0 Å². The first-order chi connectivity index (χ1) is 12.8. The molecule has 1 aliphatic rings. The van der Waals surface area contributed by atoms with E-state index in [2.05, 4.69) is 5.32 Å². The zero-order chi connectivity index (χ0) is 19.4. The van der Waals surface area contributed by atoms with Crippen molar-refractivity contribution in [1.29, 1.82) is 0 Å². The van der Waals surface area contributed by atoms with E-state index in [9.17, 15) is 13.2 Å². The predicted octanol–water partition coefficient (Wildman–Crippen LogP) is 4.17. The van der Waals surface area contributed by atoms with Crippen LogP contribution in [0.1, 0.15) is 18.4 Å². The lowest BCUT2D eigenvalue weighted by Crippen LogP contribution is -2.44. The van der Waals surface area contributed by atoms with Crippen molar-refractivity contribution in [2.45, 2.75) is 18.6 Å². The lowest BCUT2D eigenvalue weighted by atomic mass is 9.99. The van der Waals surface area contributed by atoms with E-state index in [0.29, 0.717) is 40.7 Å². The Balaban J connectivity index is 1.67. The molecule has 1 saturated heterocycles. The molecule has 0 bridgehead atoms. The highest BCUT2D eigenvalue weighted by Gasteiger charge is 2.32. The van der Waals surface area contributed by atoms with Gasteiger partial charge in [0.2, 0.25) is 15.9 Å². The molecular weight excluding hydrogens is 407 g/mol. The molecule has 144 valence electrons. The molecule has 0 unspecified atom stereocenters. The fourth-order valence-electron chi connectivity index (χ4n) is 3.14. The van der Waals surface area contributed by atoms with Crippen LogP contribution in [0, 0.1) is 5.92 Å². The summed E-state index contributed by atoms with van der Waals surface area (Å²) in [6.07, 6.45) is 1.27. The van der Waals surface area contributed by atoms with Gasteiger partial charge in [0.25, 0.3) is 0 Å². The number of carbonyl (C=O) groups excluding carboxylic acids is 1. The SMILES string of the molecule is O=C(Nc1ccccc1Cl)[C@@H]1CCCN(S(=O)(=O)Cc2cccc(Cl)c2)C1. The monoisotopic (exact) mass is 426 g/mol. The molecule has 0 aromatic heterocycles. The highest BCUT2D eigenvalue weighted by molar-refractivity contribution is 7.88. The average Bonchev–Trinajstić information content (AvgIpc) is 2.63. The van der Waals surface area contributed by atoms with E-state index < -0.39 is 15.9 Å². The van der Waals surface area contributed by atoms with Gasteiger partial charge in [-0.2, -0.15) is 0 Å². The summed E-state index contributed by atoms with van der Waals surface area (Å²) in [5, 5.41) is 3.75. The van der Waals surface area contributed by atoms with Crippen molar-refractivity contribution in [2.75, 3.05) is 18.4 Å². The third kappa shape index (κ3) is 5.23. The number of rotatable bonds is 5. The number of para-hydroxylation sites is 1. The maximum Gasteiger partial charge on any atom is 0.228 e. The van der Waals surface area contributed by atoms with Gasteiger partial charge in [-0.1, -0.05) is 47.5 Å². The van der Waals surface area contributed by atoms with Crippen LogP contribution in [0.3, 0.4) is 0 Å². The minimum absolute atomic E-state index is 0.133. The van der Waals surface area contributed by atoms with E-state index in [1.165, 1.54) is 4.31 Å². The Morgan fingerprint density at radius 2 is 1.93 bits per heavy atom. The van der Waals surface area contributed by atoms with E-state index in [1.54, 1.807) is 48.5 Å². The summed E-state index contributed by atoms with van der Waals surface area (Å²) in [6.45, 7) is 0.581. The Hall–Kier alpha value is -1.60. The molecule has 2 aromatic rings. The zero-order valence-corrected chi connectivity index (χ0v) is 16.9. The molecule has 1 fully saturated rings. The van der Waals surface area contributed by atoms with Crippen molar-refractivity contribution in [3.63, 3.8) is 0 Å². The smallest absolute Gasteiger partial charge is 0.228 e. The summed E-state index contributed by atoms with van der Waals surface area (Å²) in [4.78, 5) is 12.6. The van der Waals surface area contributed by atoms with E-state index >= 15 is 0 Å². The van der Waals surface area contributed by atoms with Crippen LogP contribution in [-0.4, -0.2) is 31.7 Å². The second kappa shape index (κ2) is 8.61. The average molecular weight is 427 g/mol. The number of benzene rings is 2. The van der Waals surface area contributed by atoms with Crippen molar-refractivity contribution in [2.24, 2.45) is 5.92 Å². The Morgan fingerprint density at radius 3 is 2.67 bits per heavy atom. The lowest BCUT2D eigenvalue weighted by molar-refractivity contribution is -0.120. The fourth-order valence-corrected chi connectivity index (χ4v) is 5.13. The fraction of sp³-hybridized carbons (Fsp3) is 0.316. The number of hydrogen-bond acceptors (Lipinski definition) is 3. The van der Waals surface area contributed by atoms with E-state index in [1.807, 2.05) is 0 Å².